The molecule has 1 aromatic heterocycles. The predicted molar refractivity (Wildman–Crippen MR) is 168 cm³/mol. The summed E-state index contributed by atoms with van der Waals surface area (Å²) in [6.07, 6.45) is 10.3. The van der Waals surface area contributed by atoms with Crippen molar-refractivity contribution in [2.75, 3.05) is 4.57 Å². The van der Waals surface area contributed by atoms with Crippen LogP contribution in [0.1, 0.15) is 26.0 Å². The Kier molecular flexibility index (Phi) is 9.88. The Morgan fingerprint density at radius 3 is 2.10 bits per heavy atom. The summed E-state index contributed by atoms with van der Waals surface area (Å²) in [4.78, 5) is 4.76. The molecule has 1 unspecified atom stereocenters. The van der Waals surface area contributed by atoms with Crippen molar-refractivity contribution in [1.82, 2.24) is 4.98 Å². The quantitative estimate of drug-likeness (QED) is 0.217. The Morgan fingerprint density at radius 1 is 0.949 bits per heavy atom. The molecule has 1 aliphatic heterocycles. The average Bonchev–Trinajstić information content (AvgIpc) is 3.34. The van der Waals surface area contributed by atoms with Gasteiger partial charge in [0.25, 0.3) is 0 Å². The number of hydrogen-bond donors (Lipinski definition) is 0. The van der Waals surface area contributed by atoms with Crippen molar-refractivity contribution in [3.63, 3.8) is 0 Å². The number of benzene rings is 2. The molecule has 39 heavy (non-hydrogen) atoms. The molecule has 6 rings (SSSR count). The Morgan fingerprint density at radius 2 is 1.54 bits per heavy atom. The van der Waals surface area contributed by atoms with E-state index < -0.39 is 25.3 Å². The first-order valence-corrected chi connectivity index (χ1v) is 20.7. The minimum absolute atomic E-state index is 0. The molecule has 4 atom stereocenters. The molecule has 7 heteroatoms. The second kappa shape index (κ2) is 12.8. The fourth-order valence-electron chi connectivity index (χ4n) is 7.15. The summed E-state index contributed by atoms with van der Waals surface area (Å²) in [6, 6.07) is 23.8. The van der Waals surface area contributed by atoms with Gasteiger partial charge in [0.15, 0.2) is 8.24 Å². The molecule has 3 aliphatic rings. The minimum atomic E-state index is -2.06. The molecule has 0 N–H and O–H groups in total. The molecule has 3 aromatic rings. The van der Waals surface area contributed by atoms with E-state index in [-0.39, 0.29) is 7.43 Å². The van der Waals surface area contributed by atoms with Gasteiger partial charge in [-0.1, -0.05) is 87.6 Å². The molecule has 0 radical (unpaired) electrons. The van der Waals surface area contributed by atoms with E-state index in [1.165, 1.54) is 23.4 Å². The van der Waals surface area contributed by atoms with E-state index in [9.17, 15) is 0 Å². The van der Waals surface area contributed by atoms with Crippen molar-refractivity contribution in [1.29, 1.82) is 0 Å². The standard InChI is InChI=1S/C31H34N3Si.CH3.2ClH.Ti/c1-21(2)24-20-25-22(26-14-9-10-19-32-26)12-11-13-23(25)31(24)35(3,4)34-29-17-7-5-15-27(29)33-28-16-6-8-18-30(28)34;;;;/h5-19,21,23-25,31H,20H2,1-4H3;1H3;2*1H;/q2*-1;;;+2/p-2/t23-,24-,25+,31?;;;;/m0..../s1. The summed E-state index contributed by atoms with van der Waals surface area (Å²) < 4.78 is 2.74. The van der Waals surface area contributed by atoms with Crippen molar-refractivity contribution >= 4 is 55.2 Å². The van der Waals surface area contributed by atoms with Crippen LogP contribution >= 0.6 is 18.6 Å². The first-order valence-electron chi connectivity index (χ1n) is 13.3. The molecule has 0 bridgehead atoms. The van der Waals surface area contributed by atoms with Crippen LogP contribution in [-0.2, 0) is 17.0 Å². The maximum atomic E-state index is 5.04. The second-order valence-corrected chi connectivity index (χ2v) is 18.2. The summed E-state index contributed by atoms with van der Waals surface area (Å²) >= 11 is -0.556. The van der Waals surface area contributed by atoms with Gasteiger partial charge in [0, 0.05) is 17.6 Å². The molecule has 0 spiro atoms. The van der Waals surface area contributed by atoms with Crippen LogP contribution in [0.25, 0.3) is 10.9 Å². The predicted octanol–water partition coefficient (Wildman–Crippen LogP) is 10.8. The molecule has 0 saturated heterocycles. The molecule has 3 nitrogen and oxygen atoms in total. The maximum absolute atomic E-state index is 5.04. The second-order valence-electron chi connectivity index (χ2n) is 11.2. The topological polar surface area (TPSA) is 30.2 Å². The van der Waals surface area contributed by atoms with Gasteiger partial charge in [-0.2, -0.15) is 0 Å². The van der Waals surface area contributed by atoms with Crippen LogP contribution in [0.5, 0.6) is 0 Å². The van der Waals surface area contributed by atoms with Crippen molar-refractivity contribution in [3.8, 4) is 0 Å². The van der Waals surface area contributed by atoms with Crippen LogP contribution < -0.4 is 4.57 Å². The van der Waals surface area contributed by atoms with Gasteiger partial charge in [0.05, 0.1) is 5.69 Å². The molecule has 1 saturated carbocycles. The van der Waals surface area contributed by atoms with E-state index in [1.54, 1.807) is 0 Å². The normalized spacial score (nSPS) is 22.7. The average molecular weight is 611 g/mol. The molecular formula is C32H37Cl2N3SiTi-2. The number of rotatable bonds is 4. The summed E-state index contributed by atoms with van der Waals surface area (Å²) in [6.45, 7) is 10.1. The molecule has 2 heterocycles. The zero-order valence-corrected chi connectivity index (χ0v) is 27.4. The van der Waals surface area contributed by atoms with Gasteiger partial charge in [0.2, 0.25) is 0 Å². The van der Waals surface area contributed by atoms with Gasteiger partial charge < -0.3 is 17.3 Å². The van der Waals surface area contributed by atoms with Gasteiger partial charge in [-0.3, -0.25) is 4.98 Å². The molecule has 204 valence electrons. The van der Waals surface area contributed by atoms with Crippen LogP contribution in [0, 0.1) is 31.1 Å². The summed E-state index contributed by atoms with van der Waals surface area (Å²) in [5, 5.41) is 5.04. The van der Waals surface area contributed by atoms with Gasteiger partial charge in [-0.25, -0.2) is 0 Å². The van der Waals surface area contributed by atoms with E-state index in [4.69, 9.17) is 28.9 Å². The summed E-state index contributed by atoms with van der Waals surface area (Å²) in [7, 11) is 7.72. The monoisotopic (exact) mass is 609 g/mol. The zero-order chi connectivity index (χ0) is 26.9. The third kappa shape index (κ3) is 5.69. The van der Waals surface area contributed by atoms with Crippen LogP contribution in [0.4, 0.5) is 22.7 Å². The summed E-state index contributed by atoms with van der Waals surface area (Å²) in [5.74, 6) is 2.36. The Hall–Kier alpha value is -1.82. The van der Waals surface area contributed by atoms with Crippen LogP contribution in [0.15, 0.2) is 91.2 Å². The number of halogens is 2. The first kappa shape index (κ1) is 30.1. The van der Waals surface area contributed by atoms with Gasteiger partial charge in [0.1, 0.15) is 0 Å². The first-order chi connectivity index (χ1) is 18.4. The molecule has 2 aliphatic carbocycles. The number of nitrogens with zero attached hydrogens (tertiary/aromatic N) is 3. The number of aromatic nitrogens is 1. The Balaban J connectivity index is 0.000000845. The van der Waals surface area contributed by atoms with Crippen molar-refractivity contribution in [2.24, 2.45) is 23.7 Å². The number of pyridine rings is 1. The number of anilines is 2. The van der Waals surface area contributed by atoms with E-state index >= 15 is 0 Å². The van der Waals surface area contributed by atoms with E-state index in [0.717, 1.165) is 17.1 Å². The third-order valence-electron chi connectivity index (χ3n) is 8.57. The zero-order valence-electron chi connectivity index (χ0n) is 23.4. The number of para-hydroxylation sites is 4. The Bertz CT molecular complexity index is 1280. The molecule has 1 fully saturated rings. The third-order valence-corrected chi connectivity index (χ3v) is 12.6. The fraction of sp³-hybridized carbons (Fsp3) is 0.312. The van der Waals surface area contributed by atoms with Gasteiger partial charge in [-0.15, -0.1) is 11.4 Å². The van der Waals surface area contributed by atoms with Gasteiger partial charge >= 0.3 is 35.6 Å². The fourth-order valence-corrected chi connectivity index (χ4v) is 11.9. The number of hydrogen-bond acceptors (Lipinski definition) is 2. The van der Waals surface area contributed by atoms with Crippen molar-refractivity contribution in [3.05, 3.63) is 110 Å². The number of fused-ring (bicyclic) bond motifs is 3. The van der Waals surface area contributed by atoms with E-state index in [2.05, 4.69) is 110 Å². The van der Waals surface area contributed by atoms with Crippen molar-refractivity contribution in [2.45, 2.75) is 38.9 Å². The number of allylic oxidation sites excluding steroid dienone is 4. The van der Waals surface area contributed by atoms with Crippen LogP contribution in [-0.4, -0.2) is 13.2 Å². The Labute approximate surface area is 252 Å². The van der Waals surface area contributed by atoms with Crippen LogP contribution in [0.2, 0.25) is 18.6 Å². The molecule has 2 aromatic carbocycles. The SMILES string of the molecule is CC(C)[C@@H]1C[C@@H]2C(c3ccccn3)=CC=C[C@@H]2C1[Si](C)(C)N1c2ccccc2[N-]c2ccccc21.[CH3-].[Cl][Ti][Cl]. The van der Waals surface area contributed by atoms with Crippen LogP contribution in [0.3, 0.4) is 0 Å². The van der Waals surface area contributed by atoms with Gasteiger partial charge in [-0.05, 0) is 65.5 Å². The van der Waals surface area contributed by atoms with E-state index in [0.29, 0.717) is 29.2 Å². The van der Waals surface area contributed by atoms with Crippen molar-refractivity contribution < 1.29 is 17.0 Å². The van der Waals surface area contributed by atoms with E-state index in [1.807, 2.05) is 12.3 Å². The summed E-state index contributed by atoms with van der Waals surface area (Å²) in [5.41, 5.74) is 7.91. The molecule has 0 amide bonds. The molecular weight excluding hydrogens is 573 g/mol.